The lowest BCUT2D eigenvalue weighted by Gasteiger charge is -2.09. The first-order chi connectivity index (χ1) is 10.7. The fraction of sp³-hybridized carbons (Fsp3) is 0.188. The molecule has 0 aliphatic heterocycles. The number of nitrogens with one attached hydrogen (secondary N) is 1. The second kappa shape index (κ2) is 8.11. The lowest BCUT2D eigenvalue weighted by Crippen LogP contribution is -2.11. The van der Waals surface area contributed by atoms with Crippen molar-refractivity contribution < 1.29 is 23.9 Å². The highest BCUT2D eigenvalue weighted by atomic mass is 19.1. The van der Waals surface area contributed by atoms with Gasteiger partial charge >= 0.3 is 5.97 Å². The van der Waals surface area contributed by atoms with Gasteiger partial charge in [-0.2, -0.15) is 0 Å². The van der Waals surface area contributed by atoms with Crippen LogP contribution in [0.2, 0.25) is 0 Å². The molecule has 22 heavy (non-hydrogen) atoms. The highest BCUT2D eigenvalue weighted by molar-refractivity contribution is 5.89. The van der Waals surface area contributed by atoms with Gasteiger partial charge < -0.3 is 14.7 Å². The number of halogens is 1. The highest BCUT2D eigenvalue weighted by Crippen LogP contribution is 2.16. The van der Waals surface area contributed by atoms with Gasteiger partial charge in [-0.05, 0) is 18.2 Å². The van der Waals surface area contributed by atoms with Gasteiger partial charge in [-0.25, -0.2) is 14.7 Å². The van der Waals surface area contributed by atoms with Crippen molar-refractivity contribution in [1.82, 2.24) is 0 Å². The lowest BCUT2D eigenvalue weighted by molar-refractivity contribution is 0.0596. The first-order valence-electron chi connectivity index (χ1n) is 6.70. The fourth-order valence-electron chi connectivity index (χ4n) is 1.71. The Morgan fingerprint density at radius 2 is 1.95 bits per heavy atom. The molecule has 0 fully saturated rings. The van der Waals surface area contributed by atoms with Crippen LogP contribution in [0.3, 0.4) is 0 Å². The first-order valence-corrected chi connectivity index (χ1v) is 6.70. The fourth-order valence-corrected chi connectivity index (χ4v) is 1.71. The standard InChI is InChI=1S/C16H16FNO4/c17-15-10-14(7-6-13(15)11-21-9-8-19)18-22-16(20)12-4-2-1-3-5-12/h1-7,10,18-19H,8-9,11H2. The Morgan fingerprint density at radius 1 is 1.18 bits per heavy atom. The first kappa shape index (κ1) is 15.9. The molecule has 0 aliphatic carbocycles. The summed E-state index contributed by atoms with van der Waals surface area (Å²) in [6, 6.07) is 12.8. The molecule has 0 saturated heterocycles. The smallest absolute Gasteiger partial charge is 0.362 e. The summed E-state index contributed by atoms with van der Waals surface area (Å²) in [5.41, 5.74) is 3.47. The Labute approximate surface area is 127 Å². The zero-order valence-corrected chi connectivity index (χ0v) is 11.8. The number of aliphatic hydroxyl groups excluding tert-OH is 1. The topological polar surface area (TPSA) is 67.8 Å². The predicted molar refractivity (Wildman–Crippen MR) is 78.6 cm³/mol. The normalized spacial score (nSPS) is 10.3. The van der Waals surface area contributed by atoms with E-state index in [0.717, 1.165) is 0 Å². The number of carbonyl (C=O) groups is 1. The zero-order chi connectivity index (χ0) is 15.8. The van der Waals surface area contributed by atoms with Gasteiger partial charge in [-0.3, -0.25) is 0 Å². The summed E-state index contributed by atoms with van der Waals surface area (Å²) in [5.74, 6) is -1.05. The molecular weight excluding hydrogens is 289 g/mol. The van der Waals surface area contributed by atoms with Gasteiger partial charge in [0.2, 0.25) is 0 Å². The maximum atomic E-state index is 13.8. The molecule has 0 atom stereocenters. The van der Waals surface area contributed by atoms with Gasteiger partial charge in [0, 0.05) is 11.6 Å². The Morgan fingerprint density at radius 3 is 2.64 bits per heavy atom. The molecule has 6 heteroatoms. The maximum Gasteiger partial charge on any atom is 0.362 e. The van der Waals surface area contributed by atoms with E-state index in [4.69, 9.17) is 14.7 Å². The number of hydrogen-bond donors (Lipinski definition) is 2. The van der Waals surface area contributed by atoms with E-state index in [9.17, 15) is 9.18 Å². The number of hydrogen-bond acceptors (Lipinski definition) is 5. The van der Waals surface area contributed by atoms with Crippen molar-refractivity contribution >= 4 is 11.7 Å². The van der Waals surface area contributed by atoms with Gasteiger partial charge in [0.15, 0.2) is 0 Å². The molecule has 0 spiro atoms. The van der Waals surface area contributed by atoms with Crippen molar-refractivity contribution in [1.29, 1.82) is 0 Å². The quantitative estimate of drug-likeness (QED) is 0.608. The SMILES string of the molecule is O=C(ONc1ccc(COCCO)c(F)c1)c1ccccc1. The number of aliphatic hydroxyl groups is 1. The molecule has 0 bridgehead atoms. The number of rotatable bonds is 7. The molecule has 0 amide bonds. The minimum absolute atomic E-state index is 0.0659. The molecule has 5 nitrogen and oxygen atoms in total. The Hall–Kier alpha value is -2.44. The van der Waals surface area contributed by atoms with Crippen LogP contribution in [0.5, 0.6) is 0 Å². The molecular formula is C16H16FNO4. The Balaban J connectivity index is 1.91. The zero-order valence-electron chi connectivity index (χ0n) is 11.8. The van der Waals surface area contributed by atoms with Crippen LogP contribution in [-0.4, -0.2) is 24.3 Å². The van der Waals surface area contributed by atoms with Crippen molar-refractivity contribution in [2.24, 2.45) is 0 Å². The molecule has 0 unspecified atom stereocenters. The van der Waals surface area contributed by atoms with Crippen molar-refractivity contribution in [2.75, 3.05) is 18.7 Å². The number of ether oxygens (including phenoxy) is 1. The molecule has 0 heterocycles. The van der Waals surface area contributed by atoms with Crippen molar-refractivity contribution in [2.45, 2.75) is 6.61 Å². The summed E-state index contributed by atoms with van der Waals surface area (Å²) in [6.45, 7) is 0.0985. The van der Waals surface area contributed by atoms with E-state index in [2.05, 4.69) is 5.48 Å². The van der Waals surface area contributed by atoms with Crippen molar-refractivity contribution in [3.63, 3.8) is 0 Å². The highest BCUT2D eigenvalue weighted by Gasteiger charge is 2.08. The molecule has 0 aliphatic rings. The van der Waals surface area contributed by atoms with E-state index < -0.39 is 11.8 Å². The second-order valence-electron chi connectivity index (χ2n) is 4.44. The van der Waals surface area contributed by atoms with Gasteiger partial charge in [0.05, 0.1) is 31.1 Å². The van der Waals surface area contributed by atoms with Crippen LogP contribution in [0.1, 0.15) is 15.9 Å². The van der Waals surface area contributed by atoms with Crippen LogP contribution < -0.4 is 5.48 Å². The van der Waals surface area contributed by atoms with E-state index in [1.54, 1.807) is 36.4 Å². The molecule has 2 aromatic carbocycles. The van der Waals surface area contributed by atoms with E-state index >= 15 is 0 Å². The Kier molecular flexibility index (Phi) is 5.88. The Bertz CT molecular complexity index is 619. The van der Waals surface area contributed by atoms with Gasteiger partial charge in [0.1, 0.15) is 5.82 Å². The minimum atomic E-state index is -0.559. The molecule has 0 aromatic heterocycles. The molecule has 0 saturated carbocycles. The average Bonchev–Trinajstić information content (AvgIpc) is 2.55. The van der Waals surface area contributed by atoms with E-state index in [1.807, 2.05) is 0 Å². The van der Waals surface area contributed by atoms with Crippen molar-refractivity contribution in [3.8, 4) is 0 Å². The predicted octanol–water partition coefficient (Wildman–Crippen LogP) is 2.52. The summed E-state index contributed by atoms with van der Waals surface area (Å²) in [5, 5.41) is 8.60. The number of anilines is 1. The molecule has 116 valence electrons. The number of carbonyl (C=O) groups excluding carboxylic acids is 1. The van der Waals surface area contributed by atoms with Crippen LogP contribution in [0, 0.1) is 5.82 Å². The second-order valence-corrected chi connectivity index (χ2v) is 4.44. The molecule has 2 aromatic rings. The maximum absolute atomic E-state index is 13.8. The van der Waals surface area contributed by atoms with E-state index in [0.29, 0.717) is 16.8 Å². The van der Waals surface area contributed by atoms with Gasteiger partial charge in [-0.15, -0.1) is 0 Å². The van der Waals surface area contributed by atoms with Gasteiger partial charge in [-0.1, -0.05) is 24.3 Å². The largest absolute Gasteiger partial charge is 0.394 e. The van der Waals surface area contributed by atoms with Crippen molar-refractivity contribution in [3.05, 3.63) is 65.5 Å². The number of benzene rings is 2. The average molecular weight is 305 g/mol. The summed E-state index contributed by atoms with van der Waals surface area (Å²) in [6.07, 6.45) is 0. The monoisotopic (exact) mass is 305 g/mol. The third kappa shape index (κ3) is 4.54. The third-order valence-corrected chi connectivity index (χ3v) is 2.82. The summed E-state index contributed by atoms with van der Waals surface area (Å²) < 4.78 is 18.9. The van der Waals surface area contributed by atoms with Crippen LogP contribution in [-0.2, 0) is 16.2 Å². The molecule has 2 N–H and O–H groups in total. The van der Waals surface area contributed by atoms with Crippen LogP contribution in [0.25, 0.3) is 0 Å². The van der Waals surface area contributed by atoms with Crippen LogP contribution >= 0.6 is 0 Å². The summed E-state index contributed by atoms with van der Waals surface area (Å²) in [4.78, 5) is 16.6. The third-order valence-electron chi connectivity index (χ3n) is 2.82. The van der Waals surface area contributed by atoms with Gasteiger partial charge in [0.25, 0.3) is 0 Å². The van der Waals surface area contributed by atoms with Crippen LogP contribution in [0.15, 0.2) is 48.5 Å². The molecule has 0 radical (unpaired) electrons. The lowest BCUT2D eigenvalue weighted by atomic mass is 10.2. The minimum Gasteiger partial charge on any atom is -0.394 e. The molecule has 2 rings (SSSR count). The summed E-state index contributed by atoms with van der Waals surface area (Å²) in [7, 11) is 0. The van der Waals surface area contributed by atoms with E-state index in [1.165, 1.54) is 12.1 Å². The van der Waals surface area contributed by atoms with E-state index in [-0.39, 0.29) is 19.8 Å². The summed E-state index contributed by atoms with van der Waals surface area (Å²) >= 11 is 0. The van der Waals surface area contributed by atoms with Crippen LogP contribution in [0.4, 0.5) is 10.1 Å².